The van der Waals surface area contributed by atoms with Crippen LogP contribution in [-0.4, -0.2) is 35.9 Å². The summed E-state index contributed by atoms with van der Waals surface area (Å²) >= 11 is 4.12. The number of aromatic amines is 1. The molecule has 1 aromatic carbocycles. The van der Waals surface area contributed by atoms with Gasteiger partial charge in [-0.3, -0.25) is 14.0 Å². The molecule has 0 amide bonds. The number of thiol groups is 1. The Morgan fingerprint density at radius 2 is 2.04 bits per heavy atom. The third kappa shape index (κ3) is 4.34. The average Bonchev–Trinajstić information content (AvgIpc) is 3.14. The molecule has 9 nitrogen and oxygen atoms in total. The van der Waals surface area contributed by atoms with E-state index in [0.29, 0.717) is 10.5 Å². The number of carboxylic acids is 1. The summed E-state index contributed by atoms with van der Waals surface area (Å²) in [7, 11) is 1.73. The van der Waals surface area contributed by atoms with Gasteiger partial charge in [-0.2, -0.15) is 5.10 Å². The van der Waals surface area contributed by atoms with Gasteiger partial charge in [0.15, 0.2) is 0 Å². The molecule has 1 aliphatic carbocycles. The number of nitrogens with two attached hydrogens (primary N) is 1. The fraction of sp³-hybridized carbons (Fsp3) is 0.333. The molecule has 4 N–H and O–H groups in total. The first-order valence-electron chi connectivity index (χ1n) is 8.57. The molecule has 28 heavy (non-hydrogen) atoms. The smallest absolute Gasteiger partial charge is 0.337 e. The van der Waals surface area contributed by atoms with E-state index in [2.05, 4.69) is 29.6 Å². The van der Waals surface area contributed by atoms with Crippen molar-refractivity contribution in [2.45, 2.75) is 36.7 Å². The lowest BCUT2D eigenvalue weighted by molar-refractivity contribution is 0.0698. The maximum atomic E-state index is 12.6. The predicted molar refractivity (Wildman–Crippen MR) is 107 cm³/mol. The second-order valence-electron chi connectivity index (χ2n) is 7.22. The summed E-state index contributed by atoms with van der Waals surface area (Å²) in [6.07, 6.45) is 5.70. The highest BCUT2D eigenvalue weighted by Gasteiger charge is 2.31. The number of H-pyrrole nitrogens is 1. The minimum absolute atomic E-state index is 0.00673. The van der Waals surface area contributed by atoms with Crippen molar-refractivity contribution < 1.29 is 9.90 Å². The molecule has 0 atom stereocenters. The standard InChI is InChI=1S/C14H12N4O4S.C4H9N/c1-17-5-7(4-15-17)6-18-12(19)9-2-8(23)3-10(13(20)21)11(9)16-14(18)22;1-4(5)2-3-4/h2-5,23H,6H2,1H3,(H,16,22)(H,20,21);2-3,5H2,1H3. The summed E-state index contributed by atoms with van der Waals surface area (Å²) in [6, 6.07) is 2.72. The maximum absolute atomic E-state index is 12.6. The van der Waals surface area contributed by atoms with Crippen LogP contribution < -0.4 is 17.0 Å². The van der Waals surface area contributed by atoms with E-state index in [1.54, 1.807) is 24.1 Å². The molecule has 2 aromatic heterocycles. The van der Waals surface area contributed by atoms with Crippen LogP contribution in [0.1, 0.15) is 35.7 Å². The highest BCUT2D eigenvalue weighted by Crippen LogP contribution is 2.30. The quantitative estimate of drug-likeness (QED) is 0.481. The Morgan fingerprint density at radius 1 is 1.39 bits per heavy atom. The first kappa shape index (κ1) is 19.9. The van der Waals surface area contributed by atoms with Gasteiger partial charge in [0.2, 0.25) is 0 Å². The first-order valence-corrected chi connectivity index (χ1v) is 9.02. The van der Waals surface area contributed by atoms with Crippen LogP contribution in [0.5, 0.6) is 0 Å². The van der Waals surface area contributed by atoms with Crippen molar-refractivity contribution in [1.82, 2.24) is 19.3 Å². The molecule has 10 heteroatoms. The topological polar surface area (TPSA) is 136 Å². The molecule has 1 fully saturated rings. The van der Waals surface area contributed by atoms with Gasteiger partial charge in [-0.1, -0.05) is 0 Å². The van der Waals surface area contributed by atoms with E-state index in [1.165, 1.54) is 25.0 Å². The molecular formula is C18H21N5O4S. The second-order valence-corrected chi connectivity index (χ2v) is 7.74. The van der Waals surface area contributed by atoms with Gasteiger partial charge in [0, 0.05) is 29.2 Å². The van der Waals surface area contributed by atoms with Gasteiger partial charge in [0.05, 0.1) is 29.2 Å². The minimum atomic E-state index is -1.24. The molecule has 3 aromatic rings. The average molecular weight is 403 g/mol. The third-order valence-corrected chi connectivity index (χ3v) is 4.70. The molecular weight excluding hydrogens is 382 g/mol. The number of hydrogen-bond acceptors (Lipinski definition) is 6. The molecule has 0 aliphatic heterocycles. The molecule has 1 saturated carbocycles. The minimum Gasteiger partial charge on any atom is -0.478 e. The molecule has 1 aliphatic rings. The number of nitrogens with one attached hydrogen (secondary N) is 1. The lowest BCUT2D eigenvalue weighted by atomic mass is 10.1. The van der Waals surface area contributed by atoms with Crippen LogP contribution >= 0.6 is 12.6 Å². The van der Waals surface area contributed by atoms with Crippen molar-refractivity contribution in [3.05, 3.63) is 56.5 Å². The monoisotopic (exact) mass is 403 g/mol. The van der Waals surface area contributed by atoms with Gasteiger partial charge in [0.25, 0.3) is 5.56 Å². The summed E-state index contributed by atoms with van der Waals surface area (Å²) in [5.41, 5.74) is 4.96. The number of aromatic carboxylic acids is 1. The molecule has 4 rings (SSSR count). The summed E-state index contributed by atoms with van der Waals surface area (Å²) in [5.74, 6) is -1.24. The van der Waals surface area contributed by atoms with Crippen LogP contribution in [0.25, 0.3) is 10.9 Å². The summed E-state index contributed by atoms with van der Waals surface area (Å²) in [6.45, 7) is 2.12. The molecule has 0 saturated heterocycles. The van der Waals surface area contributed by atoms with E-state index in [-0.39, 0.29) is 28.6 Å². The van der Waals surface area contributed by atoms with E-state index < -0.39 is 17.2 Å². The van der Waals surface area contributed by atoms with E-state index >= 15 is 0 Å². The van der Waals surface area contributed by atoms with Crippen LogP contribution in [-0.2, 0) is 13.6 Å². The SMILES string of the molecule is CC1(N)CC1.Cn1cc(Cn2c(=O)[nH]c3c(C(=O)O)cc(S)cc3c2=O)cn1. The van der Waals surface area contributed by atoms with Gasteiger partial charge in [0.1, 0.15) is 0 Å². The van der Waals surface area contributed by atoms with Gasteiger partial charge in [-0.25, -0.2) is 9.59 Å². The Kier molecular flexibility index (Phi) is 5.18. The van der Waals surface area contributed by atoms with Crippen LogP contribution in [0.3, 0.4) is 0 Å². The van der Waals surface area contributed by atoms with Crippen LogP contribution in [0, 0.1) is 0 Å². The van der Waals surface area contributed by atoms with E-state index in [4.69, 9.17) is 5.73 Å². The molecule has 0 radical (unpaired) electrons. The molecule has 148 valence electrons. The van der Waals surface area contributed by atoms with Gasteiger partial charge in [-0.15, -0.1) is 12.6 Å². The van der Waals surface area contributed by atoms with Gasteiger partial charge < -0.3 is 15.8 Å². The Balaban J connectivity index is 0.000000391. The lowest BCUT2D eigenvalue weighted by Gasteiger charge is -2.08. The van der Waals surface area contributed by atoms with Crippen molar-refractivity contribution >= 4 is 29.5 Å². The summed E-state index contributed by atoms with van der Waals surface area (Å²) in [4.78, 5) is 38.9. The fourth-order valence-corrected chi connectivity index (χ4v) is 2.85. The fourth-order valence-electron chi connectivity index (χ4n) is 2.59. The number of fused-ring (bicyclic) bond motifs is 1. The number of rotatable bonds is 3. The largest absolute Gasteiger partial charge is 0.478 e. The van der Waals surface area contributed by atoms with Crippen LogP contribution in [0.2, 0.25) is 0 Å². The van der Waals surface area contributed by atoms with Crippen molar-refractivity contribution in [1.29, 1.82) is 0 Å². The van der Waals surface area contributed by atoms with Crippen molar-refractivity contribution in [3.8, 4) is 0 Å². The van der Waals surface area contributed by atoms with Crippen molar-refractivity contribution in [2.75, 3.05) is 0 Å². The number of carbonyl (C=O) groups is 1. The van der Waals surface area contributed by atoms with Crippen molar-refractivity contribution in [2.24, 2.45) is 12.8 Å². The molecule has 0 unspecified atom stereocenters. The van der Waals surface area contributed by atoms with Gasteiger partial charge in [-0.05, 0) is 31.9 Å². The first-order chi connectivity index (χ1) is 13.1. The maximum Gasteiger partial charge on any atom is 0.337 e. The van der Waals surface area contributed by atoms with Crippen LogP contribution in [0.15, 0.2) is 39.0 Å². The number of aryl methyl sites for hydroxylation is 1. The van der Waals surface area contributed by atoms with E-state index in [0.717, 1.165) is 4.57 Å². The van der Waals surface area contributed by atoms with E-state index in [9.17, 15) is 19.5 Å². The zero-order chi connectivity index (χ0) is 20.6. The summed E-state index contributed by atoms with van der Waals surface area (Å²) < 4.78 is 2.56. The van der Waals surface area contributed by atoms with Gasteiger partial charge >= 0.3 is 11.7 Å². The zero-order valence-corrected chi connectivity index (χ0v) is 16.4. The van der Waals surface area contributed by atoms with Crippen molar-refractivity contribution in [3.63, 3.8) is 0 Å². The third-order valence-electron chi connectivity index (χ3n) is 4.44. The highest BCUT2D eigenvalue weighted by atomic mass is 32.1. The Hall–Kier alpha value is -2.85. The molecule has 0 bridgehead atoms. The number of aromatic nitrogens is 4. The molecule has 0 spiro atoms. The number of hydrogen-bond donors (Lipinski definition) is 4. The van der Waals surface area contributed by atoms with E-state index in [1.807, 2.05) is 0 Å². The predicted octanol–water partition coefficient (Wildman–Crippen LogP) is 0.956. The number of nitrogens with zero attached hydrogens (tertiary/aromatic N) is 3. The second kappa shape index (κ2) is 7.28. The zero-order valence-electron chi connectivity index (χ0n) is 15.5. The Morgan fingerprint density at radius 3 is 2.54 bits per heavy atom. The summed E-state index contributed by atoms with van der Waals surface area (Å²) in [5, 5.41) is 13.3. The normalized spacial score (nSPS) is 14.4. The van der Waals surface area contributed by atoms with Crippen LogP contribution in [0.4, 0.5) is 0 Å². The lowest BCUT2D eigenvalue weighted by Crippen LogP contribution is -2.35. The number of benzene rings is 1. The number of carboxylic acid groups (broad SMARTS) is 1. The Labute approximate surface area is 165 Å². The highest BCUT2D eigenvalue weighted by molar-refractivity contribution is 7.80. The Bertz CT molecular complexity index is 1170. The molecule has 2 heterocycles.